The van der Waals surface area contributed by atoms with Crippen LogP contribution < -0.4 is 10.6 Å². The van der Waals surface area contributed by atoms with Crippen molar-refractivity contribution in [2.75, 3.05) is 17.2 Å². The summed E-state index contributed by atoms with van der Waals surface area (Å²) in [5.74, 6) is 4.78. The quantitative estimate of drug-likeness (QED) is 0.886. The van der Waals surface area contributed by atoms with E-state index in [1.807, 2.05) is 6.92 Å². The number of fused-ring (bicyclic) bond motifs is 5. The molecule has 3 fully saturated rings. The molecule has 0 amide bonds. The minimum atomic E-state index is 0.252. The van der Waals surface area contributed by atoms with Gasteiger partial charge >= 0.3 is 0 Å². The van der Waals surface area contributed by atoms with E-state index in [9.17, 15) is 0 Å². The highest BCUT2D eigenvalue weighted by atomic mass is 35.5. The van der Waals surface area contributed by atoms with Crippen LogP contribution in [-0.4, -0.2) is 27.5 Å². The lowest BCUT2D eigenvalue weighted by Gasteiger charge is -2.11. The van der Waals surface area contributed by atoms with Crippen molar-refractivity contribution in [1.29, 1.82) is 0 Å². The third-order valence-corrected chi connectivity index (χ3v) is 5.14. The first-order valence-electron chi connectivity index (χ1n) is 7.18. The van der Waals surface area contributed by atoms with Gasteiger partial charge in [0.1, 0.15) is 0 Å². The number of rotatable bonds is 4. The summed E-state index contributed by atoms with van der Waals surface area (Å²) in [5, 5.41) is 6.80. The van der Waals surface area contributed by atoms with Gasteiger partial charge in [0, 0.05) is 12.6 Å². The van der Waals surface area contributed by atoms with Gasteiger partial charge in [-0.05, 0) is 61.5 Å². The summed E-state index contributed by atoms with van der Waals surface area (Å²) in [7, 11) is 0. The van der Waals surface area contributed by atoms with E-state index < -0.39 is 0 Å². The van der Waals surface area contributed by atoms with Crippen LogP contribution in [0.4, 0.5) is 11.9 Å². The Morgan fingerprint density at radius 1 is 1.11 bits per heavy atom. The van der Waals surface area contributed by atoms with Crippen LogP contribution in [-0.2, 0) is 0 Å². The van der Waals surface area contributed by atoms with Crippen LogP contribution >= 0.6 is 11.6 Å². The van der Waals surface area contributed by atoms with E-state index in [2.05, 4.69) is 25.6 Å². The van der Waals surface area contributed by atoms with Crippen molar-refractivity contribution in [2.24, 2.45) is 23.7 Å². The molecule has 4 rings (SSSR count). The summed E-state index contributed by atoms with van der Waals surface area (Å²) in [6, 6.07) is 0.569. The number of anilines is 2. The van der Waals surface area contributed by atoms with Gasteiger partial charge in [0.05, 0.1) is 0 Å². The molecule has 3 aliphatic rings. The molecule has 4 atom stereocenters. The maximum Gasteiger partial charge on any atom is 0.229 e. The summed E-state index contributed by atoms with van der Waals surface area (Å²) in [6.45, 7) is 2.78. The van der Waals surface area contributed by atoms with Crippen molar-refractivity contribution in [3.8, 4) is 0 Å². The fourth-order valence-corrected chi connectivity index (χ4v) is 4.48. The van der Waals surface area contributed by atoms with Crippen molar-refractivity contribution in [2.45, 2.75) is 32.2 Å². The summed E-state index contributed by atoms with van der Waals surface area (Å²) < 4.78 is 0. The molecule has 5 nitrogen and oxygen atoms in total. The normalized spacial score (nSPS) is 38.1. The van der Waals surface area contributed by atoms with E-state index in [0.29, 0.717) is 17.9 Å². The lowest BCUT2D eigenvalue weighted by Crippen LogP contribution is -2.16. The Morgan fingerprint density at radius 3 is 2.47 bits per heavy atom. The van der Waals surface area contributed by atoms with Gasteiger partial charge in [0.15, 0.2) is 0 Å². The molecule has 2 bridgehead atoms. The second kappa shape index (κ2) is 4.20. The smallest absolute Gasteiger partial charge is 0.229 e. The molecule has 102 valence electrons. The molecule has 19 heavy (non-hydrogen) atoms. The number of hydrogen-bond donors (Lipinski definition) is 2. The maximum absolute atomic E-state index is 5.94. The van der Waals surface area contributed by atoms with Gasteiger partial charge in [0.25, 0.3) is 0 Å². The first-order valence-corrected chi connectivity index (χ1v) is 7.56. The van der Waals surface area contributed by atoms with Crippen molar-refractivity contribution < 1.29 is 0 Å². The molecule has 3 saturated carbocycles. The molecule has 0 radical (unpaired) electrons. The average molecular weight is 280 g/mol. The zero-order chi connectivity index (χ0) is 13.0. The van der Waals surface area contributed by atoms with Crippen LogP contribution in [0.15, 0.2) is 0 Å². The molecule has 4 unspecified atom stereocenters. The fraction of sp³-hybridized carbons (Fsp3) is 0.769. The summed E-state index contributed by atoms with van der Waals surface area (Å²) in [4.78, 5) is 12.6. The molecular formula is C13H18ClN5. The Morgan fingerprint density at radius 2 is 1.79 bits per heavy atom. The molecule has 6 heteroatoms. The molecule has 1 aromatic heterocycles. The number of aromatic nitrogens is 3. The molecule has 0 spiro atoms. The summed E-state index contributed by atoms with van der Waals surface area (Å²) in [5.41, 5.74) is 0. The lowest BCUT2D eigenvalue weighted by molar-refractivity contribution is 0.456. The third-order valence-electron chi connectivity index (χ3n) is 4.97. The molecule has 0 aromatic carbocycles. The van der Waals surface area contributed by atoms with Crippen molar-refractivity contribution in [3.05, 3.63) is 5.28 Å². The van der Waals surface area contributed by atoms with E-state index in [1.165, 1.54) is 19.3 Å². The Hall–Kier alpha value is -1.10. The molecule has 2 N–H and O–H groups in total. The predicted octanol–water partition coefficient (Wildman–Crippen LogP) is 2.41. The highest BCUT2D eigenvalue weighted by Crippen LogP contribution is 2.66. The average Bonchev–Trinajstić information content (AvgIpc) is 2.78. The van der Waals surface area contributed by atoms with E-state index in [0.717, 1.165) is 30.2 Å². The predicted molar refractivity (Wildman–Crippen MR) is 74.2 cm³/mol. The monoisotopic (exact) mass is 279 g/mol. The number of nitrogens with one attached hydrogen (secondary N) is 2. The highest BCUT2D eigenvalue weighted by Gasteiger charge is 2.65. The Bertz CT molecular complexity index is 492. The molecule has 0 saturated heterocycles. The van der Waals surface area contributed by atoms with Gasteiger partial charge in [-0.2, -0.15) is 15.0 Å². The Balaban J connectivity index is 1.49. The Labute approximate surface area is 117 Å². The van der Waals surface area contributed by atoms with E-state index in [4.69, 9.17) is 11.6 Å². The lowest BCUT2D eigenvalue weighted by atomic mass is 10.0. The summed E-state index contributed by atoms with van der Waals surface area (Å²) >= 11 is 5.94. The third kappa shape index (κ3) is 1.86. The van der Waals surface area contributed by atoms with Crippen LogP contribution in [0.25, 0.3) is 0 Å². The zero-order valence-corrected chi connectivity index (χ0v) is 11.7. The highest BCUT2D eigenvalue weighted by molar-refractivity contribution is 6.28. The first-order chi connectivity index (χ1) is 9.26. The standard InChI is InChI=1S/C13H18ClN5/c1-2-15-12-17-11(14)18-13(19-12)16-10-8-6-3-4-7(5-6)9(8)10/h6-10H,2-5H2,1H3,(H2,15,16,17,18,19). The second-order valence-corrected chi connectivity index (χ2v) is 6.28. The zero-order valence-electron chi connectivity index (χ0n) is 10.9. The SMILES string of the molecule is CCNc1nc(Cl)nc(NC2C3C4CCC(C4)C23)n1. The van der Waals surface area contributed by atoms with Crippen LogP contribution in [0, 0.1) is 23.7 Å². The number of hydrogen-bond acceptors (Lipinski definition) is 5. The number of nitrogens with zero attached hydrogens (tertiary/aromatic N) is 3. The van der Waals surface area contributed by atoms with Crippen molar-refractivity contribution >= 4 is 23.5 Å². The number of halogens is 1. The second-order valence-electron chi connectivity index (χ2n) is 5.94. The van der Waals surface area contributed by atoms with Crippen molar-refractivity contribution in [1.82, 2.24) is 15.0 Å². The fourth-order valence-electron chi connectivity index (χ4n) is 4.32. The molecular weight excluding hydrogens is 262 g/mol. The first kappa shape index (κ1) is 11.7. The van der Waals surface area contributed by atoms with Crippen LogP contribution in [0.1, 0.15) is 26.2 Å². The maximum atomic E-state index is 5.94. The largest absolute Gasteiger partial charge is 0.354 e. The van der Waals surface area contributed by atoms with E-state index >= 15 is 0 Å². The van der Waals surface area contributed by atoms with Gasteiger partial charge in [0.2, 0.25) is 17.2 Å². The molecule has 3 aliphatic carbocycles. The van der Waals surface area contributed by atoms with Gasteiger partial charge in [-0.15, -0.1) is 0 Å². The van der Waals surface area contributed by atoms with E-state index in [-0.39, 0.29) is 5.28 Å². The van der Waals surface area contributed by atoms with Gasteiger partial charge < -0.3 is 10.6 Å². The molecule has 1 aromatic rings. The van der Waals surface area contributed by atoms with Crippen LogP contribution in [0.5, 0.6) is 0 Å². The topological polar surface area (TPSA) is 62.7 Å². The molecule has 1 heterocycles. The minimum Gasteiger partial charge on any atom is -0.354 e. The van der Waals surface area contributed by atoms with Gasteiger partial charge in [-0.1, -0.05) is 0 Å². The van der Waals surface area contributed by atoms with Gasteiger partial charge in [-0.3, -0.25) is 0 Å². The van der Waals surface area contributed by atoms with Crippen LogP contribution in [0.3, 0.4) is 0 Å². The van der Waals surface area contributed by atoms with Gasteiger partial charge in [-0.25, -0.2) is 0 Å². The molecule has 0 aliphatic heterocycles. The summed E-state index contributed by atoms with van der Waals surface area (Å²) in [6.07, 6.45) is 4.29. The van der Waals surface area contributed by atoms with Crippen molar-refractivity contribution in [3.63, 3.8) is 0 Å². The van der Waals surface area contributed by atoms with E-state index in [1.54, 1.807) is 0 Å². The van der Waals surface area contributed by atoms with Crippen LogP contribution in [0.2, 0.25) is 5.28 Å². The minimum absolute atomic E-state index is 0.252. The Kier molecular flexibility index (Phi) is 2.59.